The fourth-order valence-electron chi connectivity index (χ4n) is 2.44. The van der Waals surface area contributed by atoms with Gasteiger partial charge in [0, 0.05) is 16.6 Å². The Kier molecular flexibility index (Phi) is 4.46. The maximum Gasteiger partial charge on any atom is 0.127 e. The number of halogens is 2. The van der Waals surface area contributed by atoms with E-state index in [1.807, 2.05) is 6.92 Å². The Morgan fingerprint density at radius 3 is 2.40 bits per heavy atom. The quantitative estimate of drug-likeness (QED) is 0.875. The smallest absolute Gasteiger partial charge is 0.127 e. The van der Waals surface area contributed by atoms with Crippen LogP contribution in [0.5, 0.6) is 0 Å². The molecule has 0 bridgehead atoms. The molecule has 0 aromatic heterocycles. The minimum atomic E-state index is -0.297. The van der Waals surface area contributed by atoms with Gasteiger partial charge >= 0.3 is 0 Å². The molecule has 0 saturated carbocycles. The molecule has 0 aliphatic rings. The summed E-state index contributed by atoms with van der Waals surface area (Å²) >= 11 is 6.06. The third kappa shape index (κ3) is 3.02. The average molecular weight is 292 g/mol. The lowest BCUT2D eigenvalue weighted by Crippen LogP contribution is -2.16. The molecule has 2 aromatic carbocycles. The van der Waals surface area contributed by atoms with E-state index in [1.54, 1.807) is 12.1 Å². The number of aryl methyl sites for hydroxylation is 3. The molecule has 2 N–H and O–H groups in total. The van der Waals surface area contributed by atoms with E-state index < -0.39 is 0 Å². The van der Waals surface area contributed by atoms with Crippen LogP contribution in [0.15, 0.2) is 30.3 Å². The van der Waals surface area contributed by atoms with Gasteiger partial charge in [-0.05, 0) is 61.6 Å². The van der Waals surface area contributed by atoms with Gasteiger partial charge < -0.3 is 5.73 Å². The van der Waals surface area contributed by atoms with E-state index in [1.165, 1.54) is 17.2 Å². The molecule has 0 aliphatic heterocycles. The molecular weight excluding hydrogens is 273 g/mol. The van der Waals surface area contributed by atoms with Crippen molar-refractivity contribution >= 4 is 11.6 Å². The van der Waals surface area contributed by atoms with Gasteiger partial charge in [0.15, 0.2) is 0 Å². The van der Waals surface area contributed by atoms with Crippen LogP contribution in [-0.2, 0) is 6.42 Å². The minimum absolute atomic E-state index is 0.260. The van der Waals surface area contributed by atoms with Crippen molar-refractivity contribution in [1.29, 1.82) is 0 Å². The first-order chi connectivity index (χ1) is 9.40. The molecule has 1 atom stereocenters. The normalized spacial score (nSPS) is 12.5. The molecule has 0 amide bonds. The fraction of sp³-hybridized carbons (Fsp3) is 0.294. The summed E-state index contributed by atoms with van der Waals surface area (Å²) in [5.41, 5.74) is 11.4. The lowest BCUT2D eigenvalue weighted by atomic mass is 9.92. The first kappa shape index (κ1) is 15.0. The van der Waals surface area contributed by atoms with E-state index in [2.05, 4.69) is 26.0 Å². The standard InChI is InChI=1S/C17H19ClFN/c1-10-7-12(3)13(8-11(10)2)17(20)9-14-15(18)5-4-6-16(14)19/h4-8,17H,9,20H2,1-3H3. The van der Waals surface area contributed by atoms with E-state index in [-0.39, 0.29) is 11.9 Å². The first-order valence-corrected chi connectivity index (χ1v) is 7.04. The van der Waals surface area contributed by atoms with Crippen molar-refractivity contribution in [2.45, 2.75) is 33.2 Å². The van der Waals surface area contributed by atoms with Crippen LogP contribution in [0.4, 0.5) is 4.39 Å². The molecule has 20 heavy (non-hydrogen) atoms. The van der Waals surface area contributed by atoms with Crippen molar-refractivity contribution in [3.8, 4) is 0 Å². The Bertz CT molecular complexity index is 617. The largest absolute Gasteiger partial charge is 0.324 e. The molecule has 2 aromatic rings. The minimum Gasteiger partial charge on any atom is -0.324 e. The summed E-state index contributed by atoms with van der Waals surface area (Å²) in [6, 6.07) is 8.66. The van der Waals surface area contributed by atoms with Crippen LogP contribution in [-0.4, -0.2) is 0 Å². The van der Waals surface area contributed by atoms with Gasteiger partial charge in [-0.15, -0.1) is 0 Å². The predicted molar refractivity (Wildman–Crippen MR) is 82.7 cm³/mol. The van der Waals surface area contributed by atoms with Crippen LogP contribution in [0.1, 0.15) is 33.9 Å². The van der Waals surface area contributed by atoms with Crippen LogP contribution in [0.25, 0.3) is 0 Å². The van der Waals surface area contributed by atoms with Crippen LogP contribution < -0.4 is 5.73 Å². The zero-order valence-electron chi connectivity index (χ0n) is 12.0. The maximum absolute atomic E-state index is 13.8. The van der Waals surface area contributed by atoms with E-state index in [0.29, 0.717) is 17.0 Å². The predicted octanol–water partition coefficient (Wildman–Crippen LogP) is 4.65. The van der Waals surface area contributed by atoms with E-state index in [9.17, 15) is 4.39 Å². The van der Waals surface area contributed by atoms with Crippen molar-refractivity contribution in [2.24, 2.45) is 5.73 Å². The Labute approximate surface area is 124 Å². The lowest BCUT2D eigenvalue weighted by molar-refractivity contribution is 0.593. The van der Waals surface area contributed by atoms with Gasteiger partial charge in [-0.1, -0.05) is 29.8 Å². The molecule has 3 heteroatoms. The Hall–Kier alpha value is -1.38. The van der Waals surface area contributed by atoms with Crippen molar-refractivity contribution in [3.63, 3.8) is 0 Å². The second kappa shape index (κ2) is 5.94. The summed E-state index contributed by atoms with van der Waals surface area (Å²) in [6.45, 7) is 6.16. The van der Waals surface area contributed by atoms with Crippen LogP contribution in [0, 0.1) is 26.6 Å². The van der Waals surface area contributed by atoms with Crippen molar-refractivity contribution < 1.29 is 4.39 Å². The summed E-state index contributed by atoms with van der Waals surface area (Å²) in [7, 11) is 0. The summed E-state index contributed by atoms with van der Waals surface area (Å²) in [5.74, 6) is -0.297. The lowest BCUT2D eigenvalue weighted by Gasteiger charge is -2.18. The second-order valence-corrected chi connectivity index (χ2v) is 5.71. The van der Waals surface area contributed by atoms with Gasteiger partial charge in [0.1, 0.15) is 5.82 Å². The van der Waals surface area contributed by atoms with Gasteiger partial charge in [-0.25, -0.2) is 4.39 Å². The van der Waals surface area contributed by atoms with E-state index >= 15 is 0 Å². The van der Waals surface area contributed by atoms with Crippen molar-refractivity contribution in [1.82, 2.24) is 0 Å². The molecule has 0 fully saturated rings. The number of hydrogen-bond acceptors (Lipinski definition) is 1. The molecule has 1 unspecified atom stereocenters. The van der Waals surface area contributed by atoms with Gasteiger partial charge in [0.05, 0.1) is 0 Å². The molecule has 0 aliphatic carbocycles. The fourth-order valence-corrected chi connectivity index (χ4v) is 2.68. The Morgan fingerprint density at radius 1 is 1.10 bits per heavy atom. The van der Waals surface area contributed by atoms with Crippen molar-refractivity contribution in [2.75, 3.05) is 0 Å². The highest BCUT2D eigenvalue weighted by Crippen LogP contribution is 2.27. The monoisotopic (exact) mass is 291 g/mol. The SMILES string of the molecule is Cc1cc(C)c(C(N)Cc2c(F)cccc2Cl)cc1C. The van der Waals surface area contributed by atoms with E-state index in [0.717, 1.165) is 11.1 Å². The Balaban J connectivity index is 2.33. The zero-order chi connectivity index (χ0) is 14.9. The van der Waals surface area contributed by atoms with E-state index in [4.69, 9.17) is 17.3 Å². The van der Waals surface area contributed by atoms with Gasteiger partial charge in [0.2, 0.25) is 0 Å². The van der Waals surface area contributed by atoms with Crippen LogP contribution in [0.2, 0.25) is 5.02 Å². The molecule has 0 saturated heterocycles. The second-order valence-electron chi connectivity index (χ2n) is 5.30. The number of hydrogen-bond donors (Lipinski definition) is 1. The topological polar surface area (TPSA) is 26.0 Å². The summed E-state index contributed by atoms with van der Waals surface area (Å²) in [4.78, 5) is 0. The molecule has 1 nitrogen and oxygen atoms in total. The molecule has 0 heterocycles. The molecule has 0 radical (unpaired) electrons. The molecule has 0 spiro atoms. The third-order valence-corrected chi connectivity index (χ3v) is 4.12. The molecule has 2 rings (SSSR count). The van der Waals surface area contributed by atoms with Gasteiger partial charge in [0.25, 0.3) is 0 Å². The average Bonchev–Trinajstić information content (AvgIpc) is 2.38. The molecule has 106 valence electrons. The molecular formula is C17H19ClFN. The highest BCUT2D eigenvalue weighted by molar-refractivity contribution is 6.31. The van der Waals surface area contributed by atoms with Crippen molar-refractivity contribution in [3.05, 3.63) is 69.0 Å². The summed E-state index contributed by atoms with van der Waals surface area (Å²) in [5, 5.41) is 0.432. The highest BCUT2D eigenvalue weighted by atomic mass is 35.5. The highest BCUT2D eigenvalue weighted by Gasteiger charge is 2.15. The van der Waals surface area contributed by atoms with Gasteiger partial charge in [-0.2, -0.15) is 0 Å². The number of rotatable bonds is 3. The van der Waals surface area contributed by atoms with Crippen LogP contribution >= 0.6 is 11.6 Å². The number of benzene rings is 2. The summed E-state index contributed by atoms with van der Waals surface area (Å²) in [6.07, 6.45) is 0.398. The first-order valence-electron chi connectivity index (χ1n) is 6.66. The zero-order valence-corrected chi connectivity index (χ0v) is 12.8. The maximum atomic E-state index is 13.8. The summed E-state index contributed by atoms with van der Waals surface area (Å²) < 4.78 is 13.8. The van der Waals surface area contributed by atoms with Crippen LogP contribution in [0.3, 0.4) is 0 Å². The third-order valence-electron chi connectivity index (χ3n) is 3.77. The number of nitrogens with two attached hydrogens (primary N) is 1. The Morgan fingerprint density at radius 2 is 1.75 bits per heavy atom. The van der Waals surface area contributed by atoms with Gasteiger partial charge in [-0.3, -0.25) is 0 Å².